The summed E-state index contributed by atoms with van der Waals surface area (Å²) in [6, 6.07) is 13.2. The molecule has 4 aromatic rings. The minimum Gasteiger partial charge on any atom is -0.369 e. The van der Waals surface area contributed by atoms with Crippen LogP contribution in [0.4, 0.5) is 23.0 Å². The molecule has 2 aromatic carbocycles. The van der Waals surface area contributed by atoms with Gasteiger partial charge in [0.2, 0.25) is 0 Å². The molecule has 8 nitrogen and oxygen atoms in total. The van der Waals surface area contributed by atoms with Gasteiger partial charge >= 0.3 is 0 Å². The van der Waals surface area contributed by atoms with E-state index in [0.717, 1.165) is 85.0 Å². The molecule has 8 heteroatoms. The van der Waals surface area contributed by atoms with E-state index >= 15 is 0 Å². The van der Waals surface area contributed by atoms with Gasteiger partial charge < -0.3 is 20.4 Å². The zero-order chi connectivity index (χ0) is 27.3. The highest BCUT2D eigenvalue weighted by atomic mass is 15.3. The van der Waals surface area contributed by atoms with Crippen molar-refractivity contribution in [1.82, 2.24) is 19.9 Å². The highest BCUT2D eigenvalue weighted by Crippen LogP contribution is 2.30. The van der Waals surface area contributed by atoms with Gasteiger partial charge in [-0.25, -0.2) is 19.9 Å². The smallest absolute Gasteiger partial charge is 0.137 e. The lowest BCUT2D eigenvalue weighted by atomic mass is 10.0. The lowest BCUT2D eigenvalue weighted by Gasteiger charge is -2.37. The van der Waals surface area contributed by atoms with Crippen molar-refractivity contribution < 1.29 is 0 Å². The fourth-order valence-corrected chi connectivity index (χ4v) is 6.16. The summed E-state index contributed by atoms with van der Waals surface area (Å²) in [5, 5.41) is 9.27. The van der Waals surface area contributed by atoms with E-state index in [9.17, 15) is 0 Å². The van der Waals surface area contributed by atoms with Crippen LogP contribution in [0.1, 0.15) is 52.4 Å². The van der Waals surface area contributed by atoms with Gasteiger partial charge in [-0.2, -0.15) is 0 Å². The average molecular weight is 539 g/mol. The third kappa shape index (κ3) is 6.06. The Hall–Kier alpha value is -3.68. The van der Waals surface area contributed by atoms with Crippen LogP contribution < -0.4 is 20.4 Å². The number of hydrogen-bond donors (Lipinski definition) is 2. The molecule has 3 heterocycles. The third-order valence-electron chi connectivity index (χ3n) is 8.58. The summed E-state index contributed by atoms with van der Waals surface area (Å²) >= 11 is 0. The van der Waals surface area contributed by atoms with Crippen molar-refractivity contribution in [1.29, 1.82) is 0 Å². The second-order valence-corrected chi connectivity index (χ2v) is 11.8. The Morgan fingerprint density at radius 3 is 1.77 bits per heavy atom. The zero-order valence-corrected chi connectivity index (χ0v) is 23.9. The summed E-state index contributed by atoms with van der Waals surface area (Å²) in [4.78, 5) is 23.1. The Morgan fingerprint density at radius 2 is 1.25 bits per heavy atom. The second kappa shape index (κ2) is 12.2. The molecule has 2 aromatic heterocycles. The van der Waals surface area contributed by atoms with Gasteiger partial charge in [0.25, 0.3) is 0 Å². The first-order valence-corrected chi connectivity index (χ1v) is 15.1. The molecule has 0 amide bonds. The van der Waals surface area contributed by atoms with Crippen LogP contribution in [0.15, 0.2) is 49.1 Å². The van der Waals surface area contributed by atoms with Crippen molar-refractivity contribution in [2.75, 3.05) is 59.7 Å². The lowest BCUT2D eigenvalue weighted by molar-refractivity contribution is 0.518. The van der Waals surface area contributed by atoms with E-state index in [1.165, 1.54) is 43.5 Å². The van der Waals surface area contributed by atoms with E-state index in [2.05, 4.69) is 90.6 Å². The lowest BCUT2D eigenvalue weighted by Crippen LogP contribution is -2.46. The standard InChI is InChI=1S/C32H42N8/c1-23(2)11-13-33-31-27-9-7-25(19-29(27)35-21-37-31)39-15-17-40(18-16-39)26-8-10-28-30(20-26)36-22-38-32(28)34-14-12-24-5-3-4-6-24/h7-10,19-24H,3-6,11-18H2,1-2H3,(H,33,35,37)(H,34,36,38). The molecule has 2 N–H and O–H groups in total. The van der Waals surface area contributed by atoms with Crippen LogP contribution in [-0.2, 0) is 0 Å². The minimum absolute atomic E-state index is 0.666. The Morgan fingerprint density at radius 1 is 0.725 bits per heavy atom. The fourth-order valence-electron chi connectivity index (χ4n) is 6.16. The van der Waals surface area contributed by atoms with Crippen LogP contribution in [0, 0.1) is 11.8 Å². The molecule has 1 saturated carbocycles. The van der Waals surface area contributed by atoms with Crippen LogP contribution in [0.3, 0.4) is 0 Å². The first kappa shape index (κ1) is 26.5. The molecular weight excluding hydrogens is 496 g/mol. The number of piperazine rings is 1. The maximum Gasteiger partial charge on any atom is 0.137 e. The molecular formula is C32H42N8. The number of nitrogens with one attached hydrogen (secondary N) is 2. The van der Waals surface area contributed by atoms with Crippen molar-refractivity contribution in [3.8, 4) is 0 Å². The summed E-state index contributed by atoms with van der Waals surface area (Å²) in [7, 11) is 0. The Bertz CT molecular complexity index is 1420. The molecule has 6 rings (SSSR count). The summed E-state index contributed by atoms with van der Waals surface area (Å²) in [6.45, 7) is 10.3. The van der Waals surface area contributed by atoms with Gasteiger partial charge in [0.1, 0.15) is 24.3 Å². The van der Waals surface area contributed by atoms with Gasteiger partial charge in [-0.3, -0.25) is 0 Å². The quantitative estimate of drug-likeness (QED) is 0.242. The molecule has 210 valence electrons. The summed E-state index contributed by atoms with van der Waals surface area (Å²) in [5.41, 5.74) is 4.44. The monoisotopic (exact) mass is 538 g/mol. The SMILES string of the molecule is CC(C)CCNc1ncnc2cc(N3CCN(c4ccc5c(NCCC6CCCC6)ncnc5c4)CC3)ccc12. The first-order valence-electron chi connectivity index (χ1n) is 15.1. The molecule has 1 aliphatic carbocycles. The maximum absolute atomic E-state index is 4.60. The predicted octanol–water partition coefficient (Wildman–Crippen LogP) is 6.35. The third-order valence-corrected chi connectivity index (χ3v) is 8.58. The Labute approximate surface area is 237 Å². The van der Waals surface area contributed by atoms with Crippen molar-refractivity contribution in [3.63, 3.8) is 0 Å². The molecule has 2 fully saturated rings. The number of hydrogen-bond acceptors (Lipinski definition) is 8. The molecule has 0 bridgehead atoms. The highest BCUT2D eigenvalue weighted by Gasteiger charge is 2.20. The van der Waals surface area contributed by atoms with Crippen LogP contribution in [0.25, 0.3) is 21.8 Å². The Balaban J connectivity index is 1.08. The van der Waals surface area contributed by atoms with E-state index in [1.807, 2.05) is 0 Å². The fraction of sp³-hybridized carbons (Fsp3) is 0.500. The van der Waals surface area contributed by atoms with Gasteiger partial charge in [0.05, 0.1) is 11.0 Å². The van der Waals surface area contributed by atoms with Crippen molar-refractivity contribution >= 4 is 44.8 Å². The van der Waals surface area contributed by atoms with Crippen molar-refractivity contribution in [2.24, 2.45) is 11.8 Å². The number of fused-ring (bicyclic) bond motifs is 2. The summed E-state index contributed by atoms with van der Waals surface area (Å²) < 4.78 is 0. The van der Waals surface area contributed by atoms with Crippen molar-refractivity contribution in [3.05, 3.63) is 49.1 Å². The molecule has 0 radical (unpaired) electrons. The second-order valence-electron chi connectivity index (χ2n) is 11.8. The normalized spacial score (nSPS) is 16.4. The maximum atomic E-state index is 4.60. The van der Waals surface area contributed by atoms with Crippen LogP contribution in [0.2, 0.25) is 0 Å². The average Bonchev–Trinajstić information content (AvgIpc) is 3.50. The van der Waals surface area contributed by atoms with Gasteiger partial charge in [-0.15, -0.1) is 0 Å². The van der Waals surface area contributed by atoms with E-state index in [-0.39, 0.29) is 0 Å². The summed E-state index contributed by atoms with van der Waals surface area (Å²) in [5.74, 6) is 3.43. The summed E-state index contributed by atoms with van der Waals surface area (Å²) in [6.07, 6.45) is 11.3. The van der Waals surface area contributed by atoms with Crippen LogP contribution >= 0.6 is 0 Å². The van der Waals surface area contributed by atoms with Gasteiger partial charge in [-0.1, -0.05) is 39.5 Å². The molecule has 1 aliphatic heterocycles. The van der Waals surface area contributed by atoms with Gasteiger partial charge in [0.15, 0.2) is 0 Å². The van der Waals surface area contributed by atoms with E-state index in [0.29, 0.717) is 5.92 Å². The topological polar surface area (TPSA) is 82.1 Å². The van der Waals surface area contributed by atoms with Crippen LogP contribution in [-0.4, -0.2) is 59.2 Å². The molecule has 2 aliphatic rings. The zero-order valence-electron chi connectivity index (χ0n) is 23.9. The largest absolute Gasteiger partial charge is 0.369 e. The molecule has 1 saturated heterocycles. The number of anilines is 4. The van der Waals surface area contributed by atoms with Crippen molar-refractivity contribution in [2.45, 2.75) is 52.4 Å². The number of nitrogens with zero attached hydrogens (tertiary/aromatic N) is 6. The molecule has 0 spiro atoms. The van der Waals surface area contributed by atoms with E-state index < -0.39 is 0 Å². The number of benzene rings is 2. The number of rotatable bonds is 10. The van der Waals surface area contributed by atoms with E-state index in [4.69, 9.17) is 0 Å². The van der Waals surface area contributed by atoms with Gasteiger partial charge in [0, 0.05) is 61.4 Å². The van der Waals surface area contributed by atoms with Crippen LogP contribution in [0.5, 0.6) is 0 Å². The molecule has 40 heavy (non-hydrogen) atoms. The minimum atomic E-state index is 0.666. The first-order chi connectivity index (χ1) is 19.6. The number of aromatic nitrogens is 4. The van der Waals surface area contributed by atoms with Gasteiger partial charge in [-0.05, 0) is 61.1 Å². The predicted molar refractivity (Wildman–Crippen MR) is 167 cm³/mol. The molecule has 0 atom stereocenters. The highest BCUT2D eigenvalue weighted by molar-refractivity contribution is 5.92. The Kier molecular flexibility index (Phi) is 8.11. The van der Waals surface area contributed by atoms with E-state index in [1.54, 1.807) is 12.7 Å². The molecule has 0 unspecified atom stereocenters.